The molecule has 2 aliphatic rings. The van der Waals surface area contributed by atoms with E-state index in [4.69, 9.17) is 9.47 Å². The highest BCUT2D eigenvalue weighted by Gasteiger charge is 2.37. The van der Waals surface area contributed by atoms with Gasteiger partial charge in [0.25, 0.3) is 5.91 Å². The summed E-state index contributed by atoms with van der Waals surface area (Å²) < 4.78 is 10.6. The Kier molecular flexibility index (Phi) is 3.57. The van der Waals surface area contributed by atoms with Crippen LogP contribution in [0.5, 0.6) is 11.5 Å². The van der Waals surface area contributed by atoms with Gasteiger partial charge in [0.15, 0.2) is 11.5 Å². The first-order chi connectivity index (χ1) is 11.7. The van der Waals surface area contributed by atoms with Crippen LogP contribution in [0.2, 0.25) is 0 Å². The number of hydrogen-bond acceptors (Lipinski definition) is 4. The lowest BCUT2D eigenvalue weighted by Gasteiger charge is -2.13. The third-order valence-electron chi connectivity index (χ3n) is 4.17. The number of carbonyl (C=O) groups is 2. The molecule has 24 heavy (non-hydrogen) atoms. The van der Waals surface area contributed by atoms with Crippen LogP contribution in [0.15, 0.2) is 48.5 Å². The Morgan fingerprint density at radius 2 is 1.79 bits per heavy atom. The maximum absolute atomic E-state index is 12.5. The fraction of sp³-hybridized carbons (Fsp3) is 0.222. The minimum absolute atomic E-state index is 0.196. The van der Waals surface area contributed by atoms with Gasteiger partial charge in [0, 0.05) is 6.42 Å². The molecule has 2 heterocycles. The van der Waals surface area contributed by atoms with Gasteiger partial charge in [-0.25, -0.2) is 4.79 Å². The molecule has 0 spiro atoms. The van der Waals surface area contributed by atoms with Gasteiger partial charge in [-0.1, -0.05) is 36.4 Å². The second-order valence-corrected chi connectivity index (χ2v) is 5.80. The number of hydrogen-bond donors (Lipinski definition) is 1. The van der Waals surface area contributed by atoms with E-state index in [1.165, 1.54) is 4.90 Å². The molecular formula is C18H16N2O4. The lowest BCUT2D eigenvalue weighted by molar-refractivity contribution is -0.127. The van der Waals surface area contributed by atoms with Crippen LogP contribution in [0, 0.1) is 0 Å². The smallest absolute Gasteiger partial charge is 0.325 e. The topological polar surface area (TPSA) is 67.9 Å². The van der Waals surface area contributed by atoms with E-state index in [2.05, 4.69) is 5.32 Å². The van der Waals surface area contributed by atoms with E-state index in [9.17, 15) is 9.59 Å². The van der Waals surface area contributed by atoms with Gasteiger partial charge in [0.2, 0.25) is 6.79 Å². The zero-order valence-electron chi connectivity index (χ0n) is 12.9. The number of ether oxygens (including phenoxy) is 2. The molecule has 1 fully saturated rings. The van der Waals surface area contributed by atoms with Gasteiger partial charge in [0.05, 0.1) is 6.54 Å². The van der Waals surface area contributed by atoms with Crippen molar-refractivity contribution in [3.63, 3.8) is 0 Å². The largest absolute Gasteiger partial charge is 0.454 e. The summed E-state index contributed by atoms with van der Waals surface area (Å²) in [5, 5.41) is 2.76. The Labute approximate surface area is 139 Å². The molecule has 6 nitrogen and oxygen atoms in total. The average Bonchev–Trinajstić information content (AvgIpc) is 3.16. The molecule has 3 amide bonds. The Balaban J connectivity index is 1.47. The standard InChI is InChI=1S/C18H16N2O4/c21-17-14(8-12-4-2-1-3-5-12)19-18(22)20(17)10-13-6-7-15-16(9-13)24-11-23-15/h1-7,9,14H,8,10-11H2,(H,19,22)/t14-/m1/s1. The third-order valence-corrected chi connectivity index (χ3v) is 4.17. The van der Waals surface area contributed by atoms with Crippen molar-refractivity contribution in [3.8, 4) is 11.5 Å². The van der Waals surface area contributed by atoms with Gasteiger partial charge < -0.3 is 14.8 Å². The fourth-order valence-corrected chi connectivity index (χ4v) is 2.94. The zero-order valence-corrected chi connectivity index (χ0v) is 12.9. The van der Waals surface area contributed by atoms with Crippen molar-refractivity contribution in [2.45, 2.75) is 19.0 Å². The lowest BCUT2D eigenvalue weighted by atomic mass is 10.1. The van der Waals surface area contributed by atoms with Crippen LogP contribution in [0.4, 0.5) is 4.79 Å². The molecule has 0 aromatic heterocycles. The van der Waals surface area contributed by atoms with Crippen molar-refractivity contribution >= 4 is 11.9 Å². The Bertz CT molecular complexity index is 791. The predicted octanol–water partition coefficient (Wildman–Crippen LogP) is 2.08. The van der Waals surface area contributed by atoms with Crippen LogP contribution in [0.1, 0.15) is 11.1 Å². The first kappa shape index (κ1) is 14.6. The van der Waals surface area contributed by atoms with Crippen molar-refractivity contribution in [1.82, 2.24) is 10.2 Å². The number of nitrogens with one attached hydrogen (secondary N) is 1. The summed E-state index contributed by atoms with van der Waals surface area (Å²) in [6, 6.07) is 14.2. The average molecular weight is 324 g/mol. The molecule has 1 atom stereocenters. The molecule has 0 radical (unpaired) electrons. The number of urea groups is 1. The summed E-state index contributed by atoms with van der Waals surface area (Å²) in [4.78, 5) is 25.9. The summed E-state index contributed by atoms with van der Waals surface area (Å²) in [6.45, 7) is 0.410. The van der Waals surface area contributed by atoms with E-state index in [1.807, 2.05) is 36.4 Å². The second-order valence-electron chi connectivity index (χ2n) is 5.80. The van der Waals surface area contributed by atoms with Crippen LogP contribution >= 0.6 is 0 Å². The molecule has 6 heteroatoms. The molecular weight excluding hydrogens is 308 g/mol. The summed E-state index contributed by atoms with van der Waals surface area (Å²) in [5.74, 6) is 1.11. The number of fused-ring (bicyclic) bond motifs is 1. The van der Waals surface area contributed by atoms with E-state index in [-0.39, 0.29) is 25.3 Å². The SMILES string of the molecule is O=C1N[C@H](Cc2ccccc2)C(=O)N1Cc1ccc2c(c1)OCO2. The van der Waals surface area contributed by atoms with E-state index >= 15 is 0 Å². The van der Waals surface area contributed by atoms with E-state index in [1.54, 1.807) is 12.1 Å². The molecule has 2 aromatic carbocycles. The van der Waals surface area contributed by atoms with Crippen molar-refractivity contribution in [1.29, 1.82) is 0 Å². The van der Waals surface area contributed by atoms with Gasteiger partial charge in [-0.05, 0) is 23.3 Å². The van der Waals surface area contributed by atoms with Crippen molar-refractivity contribution in [3.05, 3.63) is 59.7 Å². The molecule has 0 bridgehead atoms. The number of carbonyl (C=O) groups excluding carboxylic acids is 2. The Morgan fingerprint density at radius 1 is 1.00 bits per heavy atom. The summed E-state index contributed by atoms with van der Waals surface area (Å²) in [6.07, 6.45) is 0.489. The van der Waals surface area contributed by atoms with E-state index in [0.29, 0.717) is 17.9 Å². The minimum Gasteiger partial charge on any atom is -0.454 e. The van der Waals surface area contributed by atoms with Gasteiger partial charge >= 0.3 is 6.03 Å². The van der Waals surface area contributed by atoms with Crippen LogP contribution < -0.4 is 14.8 Å². The number of rotatable bonds is 4. The number of amides is 3. The highest BCUT2D eigenvalue weighted by atomic mass is 16.7. The maximum atomic E-state index is 12.5. The van der Waals surface area contributed by atoms with Crippen LogP contribution in [0.3, 0.4) is 0 Å². The highest BCUT2D eigenvalue weighted by Crippen LogP contribution is 2.33. The molecule has 1 saturated heterocycles. The maximum Gasteiger partial charge on any atom is 0.325 e. The fourth-order valence-electron chi connectivity index (χ4n) is 2.94. The summed E-state index contributed by atoms with van der Waals surface area (Å²) in [7, 11) is 0. The van der Waals surface area contributed by atoms with Crippen LogP contribution in [-0.2, 0) is 17.8 Å². The quantitative estimate of drug-likeness (QED) is 0.875. The van der Waals surface area contributed by atoms with Crippen molar-refractivity contribution in [2.75, 3.05) is 6.79 Å². The molecule has 2 aliphatic heterocycles. The Hall–Kier alpha value is -3.02. The van der Waals surface area contributed by atoms with Gasteiger partial charge in [0.1, 0.15) is 6.04 Å². The summed E-state index contributed by atoms with van der Waals surface area (Å²) in [5.41, 5.74) is 1.84. The Morgan fingerprint density at radius 3 is 2.62 bits per heavy atom. The first-order valence-corrected chi connectivity index (χ1v) is 7.75. The molecule has 1 N–H and O–H groups in total. The first-order valence-electron chi connectivity index (χ1n) is 7.75. The van der Waals surface area contributed by atoms with Crippen molar-refractivity contribution < 1.29 is 19.1 Å². The summed E-state index contributed by atoms with van der Waals surface area (Å²) >= 11 is 0. The second kappa shape index (κ2) is 5.88. The number of imide groups is 1. The molecule has 4 rings (SSSR count). The normalized spacial score (nSPS) is 18.8. The zero-order chi connectivity index (χ0) is 16.5. The monoisotopic (exact) mass is 324 g/mol. The van der Waals surface area contributed by atoms with Crippen LogP contribution in [0.25, 0.3) is 0 Å². The highest BCUT2D eigenvalue weighted by molar-refractivity contribution is 6.04. The van der Waals surface area contributed by atoms with E-state index < -0.39 is 6.04 Å². The minimum atomic E-state index is -0.520. The van der Waals surface area contributed by atoms with Crippen LogP contribution in [-0.4, -0.2) is 29.7 Å². The number of benzene rings is 2. The predicted molar refractivity (Wildman–Crippen MR) is 85.6 cm³/mol. The molecule has 0 unspecified atom stereocenters. The van der Waals surface area contributed by atoms with Gasteiger partial charge in [-0.2, -0.15) is 0 Å². The molecule has 0 saturated carbocycles. The molecule has 0 aliphatic carbocycles. The van der Waals surface area contributed by atoms with Gasteiger partial charge in [-0.15, -0.1) is 0 Å². The third kappa shape index (κ3) is 2.67. The molecule has 2 aromatic rings. The lowest BCUT2D eigenvalue weighted by Crippen LogP contribution is -2.32. The van der Waals surface area contributed by atoms with E-state index in [0.717, 1.165) is 11.1 Å². The van der Waals surface area contributed by atoms with Gasteiger partial charge in [-0.3, -0.25) is 9.69 Å². The molecule has 122 valence electrons. The van der Waals surface area contributed by atoms with Crippen molar-refractivity contribution in [2.24, 2.45) is 0 Å². The number of nitrogens with zero attached hydrogens (tertiary/aromatic N) is 1.